The van der Waals surface area contributed by atoms with Crippen molar-refractivity contribution in [2.24, 2.45) is 34.3 Å². The van der Waals surface area contributed by atoms with E-state index in [-0.39, 0.29) is 46.1 Å². The van der Waals surface area contributed by atoms with Crippen LogP contribution in [0.4, 0.5) is 0 Å². The summed E-state index contributed by atoms with van der Waals surface area (Å²) in [6, 6.07) is -0.536. The monoisotopic (exact) mass is 471 g/mol. The number of carbonyl (C=O) groups excluding carboxylic acids is 2. The van der Waals surface area contributed by atoms with Crippen LogP contribution in [0.5, 0.6) is 0 Å². The number of amides is 1. The first-order chi connectivity index (χ1) is 15.8. The van der Waals surface area contributed by atoms with Gasteiger partial charge in [-0.3, -0.25) is 9.59 Å². The normalized spacial score (nSPS) is 26.9. The Labute approximate surface area is 208 Å². The molecule has 3 rings (SSSR count). The minimum absolute atomic E-state index is 0.0157. The molecule has 1 heterocycles. The van der Waals surface area contributed by atoms with E-state index in [2.05, 4.69) is 58.0 Å². The van der Waals surface area contributed by atoms with Gasteiger partial charge in [-0.05, 0) is 48.3 Å². The summed E-state index contributed by atoms with van der Waals surface area (Å²) in [4.78, 5) is 28.9. The van der Waals surface area contributed by atoms with Crippen molar-refractivity contribution < 1.29 is 9.59 Å². The second-order valence-corrected chi connectivity index (χ2v) is 12.8. The fourth-order valence-corrected chi connectivity index (χ4v) is 6.54. The Kier molecular flexibility index (Phi) is 8.25. The molecule has 0 radical (unpaired) electrons. The SMILES string of the molecule is C=C(N)C(=O)C(CC1CCC1)NC(=C)C1[C@@H](C(C)(C)C)CCN1C(=O)C(C)C1(C)CCCCC1. The smallest absolute Gasteiger partial charge is 0.226 e. The number of carbonyl (C=O) groups is 2. The number of nitrogens with zero attached hydrogens (tertiary/aromatic N) is 1. The van der Waals surface area contributed by atoms with Gasteiger partial charge in [0.1, 0.15) is 0 Å². The van der Waals surface area contributed by atoms with Gasteiger partial charge in [-0.25, -0.2) is 0 Å². The minimum Gasteiger partial charge on any atom is -0.396 e. The van der Waals surface area contributed by atoms with Gasteiger partial charge in [-0.15, -0.1) is 0 Å². The van der Waals surface area contributed by atoms with Crippen LogP contribution >= 0.6 is 0 Å². The lowest BCUT2D eigenvalue weighted by atomic mass is 9.67. The first kappa shape index (κ1) is 26.8. The highest BCUT2D eigenvalue weighted by Crippen LogP contribution is 2.46. The van der Waals surface area contributed by atoms with E-state index in [4.69, 9.17) is 5.73 Å². The Hall–Kier alpha value is -1.78. The van der Waals surface area contributed by atoms with Crippen LogP contribution in [0.25, 0.3) is 0 Å². The first-order valence-corrected chi connectivity index (χ1v) is 13.6. The van der Waals surface area contributed by atoms with Crippen molar-refractivity contribution in [2.45, 2.75) is 111 Å². The number of hydrogen-bond acceptors (Lipinski definition) is 4. The molecule has 4 atom stereocenters. The molecule has 34 heavy (non-hydrogen) atoms. The van der Waals surface area contributed by atoms with Crippen LogP contribution in [0, 0.1) is 28.6 Å². The lowest BCUT2D eigenvalue weighted by Gasteiger charge is -2.43. The molecule has 0 aromatic rings. The molecular formula is C29H49N3O2. The lowest BCUT2D eigenvalue weighted by Crippen LogP contribution is -2.51. The van der Waals surface area contributed by atoms with E-state index in [0.717, 1.165) is 50.8 Å². The largest absolute Gasteiger partial charge is 0.396 e. The number of likely N-dealkylation sites (tertiary alicyclic amines) is 1. The van der Waals surface area contributed by atoms with Gasteiger partial charge in [0.25, 0.3) is 0 Å². The zero-order chi connectivity index (χ0) is 25.3. The molecular weight excluding hydrogens is 422 g/mol. The first-order valence-electron chi connectivity index (χ1n) is 13.6. The summed E-state index contributed by atoms with van der Waals surface area (Å²) in [5, 5.41) is 3.48. The zero-order valence-electron chi connectivity index (χ0n) is 22.4. The number of nitrogens with two attached hydrogens (primary N) is 1. The highest BCUT2D eigenvalue weighted by Gasteiger charge is 2.48. The highest BCUT2D eigenvalue weighted by molar-refractivity contribution is 5.98. The Morgan fingerprint density at radius 1 is 1.09 bits per heavy atom. The van der Waals surface area contributed by atoms with Crippen LogP contribution < -0.4 is 11.1 Å². The topological polar surface area (TPSA) is 75.4 Å². The van der Waals surface area contributed by atoms with E-state index in [1.165, 1.54) is 25.7 Å². The van der Waals surface area contributed by atoms with Crippen LogP contribution in [0.1, 0.15) is 98.8 Å². The van der Waals surface area contributed by atoms with E-state index in [1.807, 2.05) is 0 Å². The molecule has 2 saturated carbocycles. The summed E-state index contributed by atoms with van der Waals surface area (Å²) in [7, 11) is 0. The van der Waals surface area contributed by atoms with Crippen molar-refractivity contribution in [3.63, 3.8) is 0 Å². The van der Waals surface area contributed by atoms with Crippen molar-refractivity contribution in [3.05, 3.63) is 24.6 Å². The van der Waals surface area contributed by atoms with Crippen LogP contribution in [-0.2, 0) is 9.59 Å². The molecule has 3 N–H and O–H groups in total. The fraction of sp³-hybridized carbons (Fsp3) is 0.793. The molecule has 192 valence electrons. The number of ketones is 1. The molecule has 0 aromatic carbocycles. The molecule has 5 heteroatoms. The number of rotatable bonds is 9. The van der Waals surface area contributed by atoms with Crippen LogP contribution in [-0.4, -0.2) is 35.2 Å². The highest BCUT2D eigenvalue weighted by atomic mass is 16.2. The average molecular weight is 472 g/mol. The van der Waals surface area contributed by atoms with Gasteiger partial charge in [0.05, 0.1) is 17.8 Å². The van der Waals surface area contributed by atoms with E-state index in [0.29, 0.717) is 5.92 Å². The second-order valence-electron chi connectivity index (χ2n) is 12.8. The third kappa shape index (κ3) is 5.71. The quantitative estimate of drug-likeness (QED) is 0.432. The second kappa shape index (κ2) is 10.5. The molecule has 3 aliphatic rings. The zero-order valence-corrected chi connectivity index (χ0v) is 22.4. The molecule has 0 aromatic heterocycles. The molecule has 1 aliphatic heterocycles. The Morgan fingerprint density at radius 2 is 1.71 bits per heavy atom. The predicted molar refractivity (Wildman–Crippen MR) is 140 cm³/mol. The summed E-state index contributed by atoms with van der Waals surface area (Å²) >= 11 is 0. The number of nitrogens with one attached hydrogen (secondary N) is 1. The Bertz CT molecular complexity index is 786. The molecule has 2 aliphatic carbocycles. The van der Waals surface area contributed by atoms with Crippen molar-refractivity contribution in [2.75, 3.05) is 6.54 Å². The summed E-state index contributed by atoms with van der Waals surface area (Å²) < 4.78 is 0. The maximum Gasteiger partial charge on any atom is 0.226 e. The number of Topliss-reactive ketones (excluding diaryl/α,β-unsaturated/α-hetero) is 1. The van der Waals surface area contributed by atoms with Crippen LogP contribution in [0.2, 0.25) is 0 Å². The molecule has 5 nitrogen and oxygen atoms in total. The standard InChI is InChI=1S/C29H49N3O2/c1-19(29(7)15-9-8-10-16-29)27(34)32-17-14-23(28(4,5)6)25(32)21(3)31-24(26(33)20(2)30)18-22-12-11-13-22/h19,22-25,31H,2-3,8-18,30H2,1,4-7H3/t19?,23-,24?,25?/m0/s1. The van der Waals surface area contributed by atoms with Gasteiger partial charge in [0, 0.05) is 18.2 Å². The van der Waals surface area contributed by atoms with Gasteiger partial charge >= 0.3 is 0 Å². The van der Waals surface area contributed by atoms with Crippen molar-refractivity contribution in [3.8, 4) is 0 Å². The van der Waals surface area contributed by atoms with Crippen LogP contribution in [0.3, 0.4) is 0 Å². The van der Waals surface area contributed by atoms with Gasteiger partial charge in [-0.2, -0.15) is 0 Å². The van der Waals surface area contributed by atoms with Gasteiger partial charge in [0.2, 0.25) is 5.91 Å². The Balaban J connectivity index is 1.83. The maximum atomic E-state index is 14.0. The third-order valence-electron chi connectivity index (χ3n) is 9.35. The van der Waals surface area contributed by atoms with Gasteiger partial charge in [-0.1, -0.05) is 86.3 Å². The molecule has 1 saturated heterocycles. The Morgan fingerprint density at radius 3 is 2.21 bits per heavy atom. The van der Waals surface area contributed by atoms with Crippen molar-refractivity contribution in [1.82, 2.24) is 10.2 Å². The fourth-order valence-electron chi connectivity index (χ4n) is 6.54. The molecule has 0 spiro atoms. The predicted octanol–water partition coefficient (Wildman–Crippen LogP) is 5.56. The summed E-state index contributed by atoms with van der Waals surface area (Å²) in [5.74, 6) is 0.912. The van der Waals surface area contributed by atoms with E-state index in [9.17, 15) is 9.59 Å². The molecule has 0 bridgehead atoms. The minimum atomic E-state index is -0.415. The van der Waals surface area contributed by atoms with Gasteiger partial charge in [0.15, 0.2) is 5.78 Å². The number of hydrogen-bond donors (Lipinski definition) is 2. The molecule has 1 amide bonds. The van der Waals surface area contributed by atoms with E-state index in [1.54, 1.807) is 0 Å². The summed E-state index contributed by atoms with van der Waals surface area (Å²) in [6.45, 7) is 20.1. The molecule has 3 unspecified atom stereocenters. The average Bonchev–Trinajstić information content (AvgIpc) is 3.20. The molecule has 3 fully saturated rings. The third-order valence-corrected chi connectivity index (χ3v) is 9.35. The maximum absolute atomic E-state index is 14.0. The van der Waals surface area contributed by atoms with Gasteiger partial charge < -0.3 is 16.0 Å². The summed E-state index contributed by atoms with van der Waals surface area (Å²) in [5.41, 5.74) is 6.79. The van der Waals surface area contributed by atoms with E-state index >= 15 is 0 Å². The lowest BCUT2D eigenvalue weighted by molar-refractivity contribution is -0.140. The summed E-state index contributed by atoms with van der Waals surface area (Å²) in [6.07, 6.45) is 11.2. The van der Waals surface area contributed by atoms with Crippen molar-refractivity contribution in [1.29, 1.82) is 0 Å². The van der Waals surface area contributed by atoms with Crippen molar-refractivity contribution >= 4 is 11.7 Å². The van der Waals surface area contributed by atoms with E-state index < -0.39 is 6.04 Å². The van der Waals surface area contributed by atoms with Crippen LogP contribution in [0.15, 0.2) is 24.6 Å².